The van der Waals surface area contributed by atoms with Crippen molar-refractivity contribution in [2.24, 2.45) is 0 Å². The molecule has 1 N–H and O–H groups in total. The predicted octanol–water partition coefficient (Wildman–Crippen LogP) is 2.76. The van der Waals surface area contributed by atoms with Crippen LogP contribution in [0.2, 0.25) is 0 Å². The minimum atomic E-state index is -0.677. The number of benzene rings is 2. The Labute approximate surface area is 157 Å². The third-order valence-electron chi connectivity index (χ3n) is 4.54. The minimum Gasteiger partial charge on any atom is -0.334 e. The Hall–Kier alpha value is -3.15. The normalized spacial score (nSPS) is 10.9. The molecule has 0 bridgehead atoms. The molecular weight excluding hydrogens is 342 g/mol. The zero-order valence-electron chi connectivity index (χ0n) is 15.6. The number of amides is 1. The van der Waals surface area contributed by atoms with Gasteiger partial charge in [0.2, 0.25) is 0 Å². The first kappa shape index (κ1) is 18.6. The molecule has 27 heavy (non-hydrogen) atoms. The van der Waals surface area contributed by atoms with Gasteiger partial charge in [0.1, 0.15) is 0 Å². The molecule has 6 heteroatoms. The SMILES string of the molecule is CCCN(Cc1ccccc1)C(=O)c1ccc2c(c1)[nH]c(=O)c(=O)n2CC. The number of rotatable bonds is 6. The van der Waals surface area contributed by atoms with Crippen molar-refractivity contribution >= 4 is 16.9 Å². The zero-order valence-corrected chi connectivity index (χ0v) is 15.6. The average molecular weight is 365 g/mol. The van der Waals surface area contributed by atoms with E-state index in [2.05, 4.69) is 4.98 Å². The molecule has 2 aromatic carbocycles. The summed E-state index contributed by atoms with van der Waals surface area (Å²) < 4.78 is 1.41. The molecule has 140 valence electrons. The van der Waals surface area contributed by atoms with E-state index in [1.165, 1.54) is 4.57 Å². The van der Waals surface area contributed by atoms with Crippen LogP contribution in [0.1, 0.15) is 36.2 Å². The fourth-order valence-corrected chi connectivity index (χ4v) is 3.23. The lowest BCUT2D eigenvalue weighted by Gasteiger charge is -2.22. The van der Waals surface area contributed by atoms with Crippen molar-refractivity contribution in [1.82, 2.24) is 14.5 Å². The van der Waals surface area contributed by atoms with Crippen molar-refractivity contribution in [1.29, 1.82) is 0 Å². The highest BCUT2D eigenvalue weighted by Crippen LogP contribution is 2.15. The fraction of sp³-hybridized carbons (Fsp3) is 0.286. The maximum atomic E-state index is 13.1. The predicted molar refractivity (Wildman–Crippen MR) is 106 cm³/mol. The van der Waals surface area contributed by atoms with E-state index in [4.69, 9.17) is 0 Å². The summed E-state index contributed by atoms with van der Waals surface area (Å²) in [5.41, 5.74) is 1.40. The van der Waals surface area contributed by atoms with Crippen molar-refractivity contribution in [2.75, 3.05) is 6.54 Å². The van der Waals surface area contributed by atoms with Crippen LogP contribution in [0, 0.1) is 0 Å². The van der Waals surface area contributed by atoms with Gasteiger partial charge in [0.15, 0.2) is 0 Å². The summed E-state index contributed by atoms with van der Waals surface area (Å²) >= 11 is 0. The number of hydrogen-bond donors (Lipinski definition) is 1. The molecule has 6 nitrogen and oxygen atoms in total. The van der Waals surface area contributed by atoms with Gasteiger partial charge >= 0.3 is 11.1 Å². The van der Waals surface area contributed by atoms with Crippen molar-refractivity contribution in [3.05, 3.63) is 80.4 Å². The smallest absolute Gasteiger partial charge is 0.316 e. The second-order valence-corrected chi connectivity index (χ2v) is 6.45. The molecule has 3 aromatic rings. The van der Waals surface area contributed by atoms with Crippen LogP contribution in [0.5, 0.6) is 0 Å². The van der Waals surface area contributed by atoms with E-state index >= 15 is 0 Å². The first-order chi connectivity index (χ1) is 13.0. The van der Waals surface area contributed by atoms with Crippen molar-refractivity contribution < 1.29 is 4.79 Å². The molecule has 0 aliphatic rings. The molecular formula is C21H23N3O3. The number of fused-ring (bicyclic) bond motifs is 1. The van der Waals surface area contributed by atoms with Crippen LogP contribution in [-0.4, -0.2) is 26.9 Å². The summed E-state index contributed by atoms with van der Waals surface area (Å²) in [5, 5.41) is 0. The topological polar surface area (TPSA) is 75.2 Å². The maximum absolute atomic E-state index is 13.1. The Kier molecular flexibility index (Phi) is 5.54. The molecule has 1 aromatic heterocycles. The molecule has 0 aliphatic heterocycles. The van der Waals surface area contributed by atoms with Crippen LogP contribution in [0.15, 0.2) is 58.1 Å². The summed E-state index contributed by atoms with van der Waals surface area (Å²) in [6.07, 6.45) is 0.846. The van der Waals surface area contributed by atoms with E-state index in [9.17, 15) is 14.4 Å². The van der Waals surface area contributed by atoms with E-state index in [-0.39, 0.29) is 5.91 Å². The minimum absolute atomic E-state index is 0.0994. The Morgan fingerprint density at radius 1 is 1.07 bits per heavy atom. The Morgan fingerprint density at radius 3 is 2.48 bits per heavy atom. The lowest BCUT2D eigenvalue weighted by atomic mass is 10.1. The molecule has 3 rings (SSSR count). The van der Waals surface area contributed by atoms with Gasteiger partial charge in [-0.3, -0.25) is 14.4 Å². The summed E-state index contributed by atoms with van der Waals surface area (Å²) in [5.74, 6) is -0.0994. The van der Waals surface area contributed by atoms with Gasteiger partial charge in [0, 0.05) is 25.2 Å². The Bertz CT molecular complexity index is 1070. The maximum Gasteiger partial charge on any atom is 0.316 e. The standard InChI is InChI=1S/C21H23N3O3/c1-3-12-23(14-15-8-6-5-7-9-15)20(26)16-10-11-18-17(13-16)22-19(25)21(27)24(18)4-2/h5-11,13H,3-4,12,14H2,1-2H3,(H,22,25). The second-order valence-electron chi connectivity index (χ2n) is 6.45. The number of aromatic amines is 1. The van der Waals surface area contributed by atoms with Gasteiger partial charge in [-0.2, -0.15) is 0 Å². The number of nitrogens with zero attached hydrogens (tertiary/aromatic N) is 2. The highest BCUT2D eigenvalue weighted by Gasteiger charge is 2.17. The number of carbonyl (C=O) groups excluding carboxylic acids is 1. The lowest BCUT2D eigenvalue weighted by Crippen LogP contribution is -2.36. The number of aromatic nitrogens is 2. The summed E-state index contributed by atoms with van der Waals surface area (Å²) in [6.45, 7) is 5.39. The first-order valence-corrected chi connectivity index (χ1v) is 9.15. The number of H-pyrrole nitrogens is 1. The van der Waals surface area contributed by atoms with E-state index in [1.807, 2.05) is 44.2 Å². The molecule has 0 saturated carbocycles. The highest BCUT2D eigenvalue weighted by molar-refractivity contribution is 5.97. The number of aryl methyl sites for hydroxylation is 1. The van der Waals surface area contributed by atoms with Crippen molar-refractivity contribution in [2.45, 2.75) is 33.4 Å². The fourth-order valence-electron chi connectivity index (χ4n) is 3.23. The van der Waals surface area contributed by atoms with E-state index in [1.54, 1.807) is 23.1 Å². The largest absolute Gasteiger partial charge is 0.334 e. The van der Waals surface area contributed by atoms with Gasteiger partial charge in [-0.1, -0.05) is 37.3 Å². The molecule has 0 spiro atoms. The molecule has 1 heterocycles. The first-order valence-electron chi connectivity index (χ1n) is 9.15. The summed E-state index contributed by atoms with van der Waals surface area (Å²) in [6, 6.07) is 14.9. The van der Waals surface area contributed by atoms with Crippen molar-refractivity contribution in [3.8, 4) is 0 Å². The van der Waals surface area contributed by atoms with Crippen LogP contribution >= 0.6 is 0 Å². The third-order valence-corrected chi connectivity index (χ3v) is 4.54. The van der Waals surface area contributed by atoms with E-state index < -0.39 is 11.1 Å². The van der Waals surface area contributed by atoms with Crippen molar-refractivity contribution in [3.63, 3.8) is 0 Å². The second kappa shape index (κ2) is 8.03. The quantitative estimate of drug-likeness (QED) is 0.683. The average Bonchev–Trinajstić information content (AvgIpc) is 2.68. The van der Waals surface area contributed by atoms with E-state index in [0.29, 0.717) is 36.2 Å². The van der Waals surface area contributed by atoms with Gasteiger partial charge in [-0.05, 0) is 37.1 Å². The van der Waals surface area contributed by atoms with Crippen LogP contribution in [0.4, 0.5) is 0 Å². The van der Waals surface area contributed by atoms with Gasteiger partial charge in [-0.25, -0.2) is 0 Å². The van der Waals surface area contributed by atoms with Gasteiger partial charge in [-0.15, -0.1) is 0 Å². The third kappa shape index (κ3) is 3.84. The summed E-state index contributed by atoms with van der Waals surface area (Å²) in [4.78, 5) is 41.3. The van der Waals surface area contributed by atoms with Crippen LogP contribution in [0.3, 0.4) is 0 Å². The Balaban J connectivity index is 1.99. The summed E-state index contributed by atoms with van der Waals surface area (Å²) in [7, 11) is 0. The van der Waals surface area contributed by atoms with Crippen LogP contribution in [-0.2, 0) is 13.1 Å². The number of carbonyl (C=O) groups is 1. The molecule has 0 aliphatic carbocycles. The molecule has 0 fully saturated rings. The molecule has 0 atom stereocenters. The molecule has 1 amide bonds. The number of nitrogens with one attached hydrogen (secondary N) is 1. The van der Waals surface area contributed by atoms with Gasteiger partial charge in [0.25, 0.3) is 5.91 Å². The molecule has 0 saturated heterocycles. The van der Waals surface area contributed by atoms with Gasteiger partial charge in [0.05, 0.1) is 11.0 Å². The Morgan fingerprint density at radius 2 is 1.81 bits per heavy atom. The monoisotopic (exact) mass is 365 g/mol. The molecule has 0 radical (unpaired) electrons. The zero-order chi connectivity index (χ0) is 19.4. The molecule has 0 unspecified atom stereocenters. The van der Waals surface area contributed by atoms with Crippen LogP contribution in [0.25, 0.3) is 11.0 Å². The highest BCUT2D eigenvalue weighted by atomic mass is 16.2. The van der Waals surface area contributed by atoms with Gasteiger partial charge < -0.3 is 14.5 Å². The lowest BCUT2D eigenvalue weighted by molar-refractivity contribution is 0.0743. The van der Waals surface area contributed by atoms with Crippen LogP contribution < -0.4 is 11.1 Å². The van der Waals surface area contributed by atoms with E-state index in [0.717, 1.165) is 12.0 Å². The number of hydrogen-bond acceptors (Lipinski definition) is 3.